The van der Waals surface area contributed by atoms with E-state index in [1.165, 1.54) is 12.8 Å². The van der Waals surface area contributed by atoms with Crippen LogP contribution in [0.3, 0.4) is 0 Å². The van der Waals surface area contributed by atoms with Crippen LogP contribution in [0.1, 0.15) is 31.0 Å². The number of halogens is 1. The fourth-order valence-corrected chi connectivity index (χ4v) is 2.26. The zero-order valence-electron chi connectivity index (χ0n) is 8.66. The molecular weight excluding hydrogens is 258 g/mol. The molecule has 1 saturated heterocycles. The maximum Gasteiger partial charge on any atom is 0.247 e. The normalized spacial score (nSPS) is 21.3. The van der Waals surface area contributed by atoms with Gasteiger partial charge in [-0.05, 0) is 41.4 Å². The first-order valence-electron chi connectivity index (χ1n) is 5.12. The highest BCUT2D eigenvalue weighted by atomic mass is 79.9. The summed E-state index contributed by atoms with van der Waals surface area (Å²) in [4.78, 5) is 0. The molecule has 4 nitrogen and oxygen atoms in total. The molecule has 1 aliphatic rings. The largest absolute Gasteiger partial charge is 0.479 e. The van der Waals surface area contributed by atoms with Crippen molar-refractivity contribution >= 4 is 15.9 Å². The Kier molecular flexibility index (Phi) is 3.53. The molecular formula is C10H14BrN3O. The smallest absolute Gasteiger partial charge is 0.247 e. The molecule has 5 heteroatoms. The second-order valence-corrected chi connectivity index (χ2v) is 4.48. The molecule has 82 valence electrons. The molecule has 0 aromatic carbocycles. The van der Waals surface area contributed by atoms with Gasteiger partial charge in [0, 0.05) is 0 Å². The van der Waals surface area contributed by atoms with Crippen molar-refractivity contribution in [3.8, 4) is 5.88 Å². The number of hydrogen-bond donors (Lipinski definition) is 1. The van der Waals surface area contributed by atoms with Gasteiger partial charge < -0.3 is 10.1 Å². The lowest BCUT2D eigenvalue weighted by Crippen LogP contribution is -2.27. The van der Waals surface area contributed by atoms with Gasteiger partial charge in [0.1, 0.15) is 0 Å². The second kappa shape index (κ2) is 4.90. The molecule has 1 aromatic heterocycles. The summed E-state index contributed by atoms with van der Waals surface area (Å²) in [6.45, 7) is 1.07. The van der Waals surface area contributed by atoms with Gasteiger partial charge >= 0.3 is 0 Å². The third kappa shape index (κ3) is 2.46. The predicted molar refractivity (Wildman–Crippen MR) is 60.9 cm³/mol. The van der Waals surface area contributed by atoms with Gasteiger partial charge in [-0.2, -0.15) is 5.10 Å². The number of ether oxygens (including phenoxy) is 1. The van der Waals surface area contributed by atoms with Gasteiger partial charge in [0.05, 0.1) is 23.3 Å². The summed E-state index contributed by atoms with van der Waals surface area (Å²) in [5.41, 5.74) is 0.988. The molecule has 15 heavy (non-hydrogen) atoms. The van der Waals surface area contributed by atoms with Crippen molar-refractivity contribution in [2.75, 3.05) is 13.7 Å². The van der Waals surface area contributed by atoms with E-state index in [9.17, 15) is 0 Å². The van der Waals surface area contributed by atoms with Crippen LogP contribution in [0.25, 0.3) is 0 Å². The number of piperidine rings is 1. The Hall–Kier alpha value is -0.680. The van der Waals surface area contributed by atoms with Crippen molar-refractivity contribution in [1.82, 2.24) is 15.5 Å². The van der Waals surface area contributed by atoms with Crippen LogP contribution in [-0.4, -0.2) is 23.9 Å². The number of hydrogen-bond acceptors (Lipinski definition) is 4. The lowest BCUT2D eigenvalue weighted by Gasteiger charge is -2.22. The van der Waals surface area contributed by atoms with Crippen molar-refractivity contribution < 1.29 is 4.74 Å². The van der Waals surface area contributed by atoms with Crippen molar-refractivity contribution in [3.05, 3.63) is 16.2 Å². The summed E-state index contributed by atoms with van der Waals surface area (Å²) in [5, 5.41) is 11.6. The molecule has 1 aliphatic heterocycles. The molecule has 0 radical (unpaired) electrons. The SMILES string of the molecule is COc1nnc(C2CCCCN2)cc1Br. The summed E-state index contributed by atoms with van der Waals surface area (Å²) in [5.74, 6) is 0.537. The van der Waals surface area contributed by atoms with Crippen molar-refractivity contribution in [3.63, 3.8) is 0 Å². The molecule has 1 fully saturated rings. The zero-order valence-corrected chi connectivity index (χ0v) is 10.2. The molecule has 1 aromatic rings. The molecule has 0 amide bonds. The van der Waals surface area contributed by atoms with Gasteiger partial charge in [0.25, 0.3) is 0 Å². The molecule has 0 saturated carbocycles. The standard InChI is InChI=1S/C10H14BrN3O/c1-15-10-7(11)6-9(13-14-10)8-4-2-3-5-12-8/h6,8,12H,2-5H2,1H3. The van der Waals surface area contributed by atoms with E-state index in [4.69, 9.17) is 4.74 Å². The molecule has 1 unspecified atom stereocenters. The predicted octanol–water partition coefficient (Wildman–Crippen LogP) is 2.06. The van der Waals surface area contributed by atoms with Gasteiger partial charge in [-0.15, -0.1) is 5.10 Å². The Morgan fingerprint density at radius 1 is 1.47 bits per heavy atom. The number of nitrogens with zero attached hydrogens (tertiary/aromatic N) is 2. The van der Waals surface area contributed by atoms with Gasteiger partial charge in [0.2, 0.25) is 5.88 Å². The van der Waals surface area contributed by atoms with Crippen molar-refractivity contribution in [2.24, 2.45) is 0 Å². The van der Waals surface area contributed by atoms with Gasteiger partial charge in [-0.1, -0.05) is 6.42 Å². The summed E-state index contributed by atoms with van der Waals surface area (Å²) in [6, 6.07) is 2.32. The summed E-state index contributed by atoms with van der Waals surface area (Å²) in [6.07, 6.45) is 3.64. The van der Waals surface area contributed by atoms with E-state index in [0.717, 1.165) is 23.1 Å². The van der Waals surface area contributed by atoms with Crippen LogP contribution in [0.5, 0.6) is 5.88 Å². The van der Waals surface area contributed by atoms with Crippen LogP contribution >= 0.6 is 15.9 Å². The van der Waals surface area contributed by atoms with E-state index in [1.54, 1.807) is 7.11 Å². The first kappa shape index (κ1) is 10.8. The fourth-order valence-electron chi connectivity index (χ4n) is 1.78. The third-order valence-corrected chi connectivity index (χ3v) is 3.16. The van der Waals surface area contributed by atoms with Crippen LogP contribution in [0.4, 0.5) is 0 Å². The molecule has 0 spiro atoms. The summed E-state index contributed by atoms with van der Waals surface area (Å²) >= 11 is 3.42. The van der Waals surface area contributed by atoms with Crippen LogP contribution < -0.4 is 10.1 Å². The fraction of sp³-hybridized carbons (Fsp3) is 0.600. The van der Waals surface area contributed by atoms with Crippen molar-refractivity contribution in [1.29, 1.82) is 0 Å². The van der Waals surface area contributed by atoms with Crippen LogP contribution in [0.2, 0.25) is 0 Å². The Labute approximate surface area is 97.6 Å². The average Bonchev–Trinajstić information content (AvgIpc) is 2.30. The molecule has 2 rings (SSSR count). The molecule has 2 heterocycles. The summed E-state index contributed by atoms with van der Waals surface area (Å²) in [7, 11) is 1.59. The number of methoxy groups -OCH3 is 1. The van der Waals surface area contributed by atoms with Gasteiger partial charge in [-0.3, -0.25) is 0 Å². The first-order chi connectivity index (χ1) is 7.31. The maximum atomic E-state index is 5.05. The monoisotopic (exact) mass is 271 g/mol. The molecule has 1 atom stereocenters. The Morgan fingerprint density at radius 3 is 2.93 bits per heavy atom. The lowest BCUT2D eigenvalue weighted by molar-refractivity contribution is 0.377. The molecule has 0 bridgehead atoms. The third-order valence-electron chi connectivity index (χ3n) is 2.60. The second-order valence-electron chi connectivity index (χ2n) is 3.63. The van der Waals surface area contributed by atoms with Crippen LogP contribution in [-0.2, 0) is 0 Å². The highest BCUT2D eigenvalue weighted by Gasteiger charge is 2.17. The Morgan fingerprint density at radius 2 is 2.33 bits per heavy atom. The summed E-state index contributed by atoms with van der Waals surface area (Å²) < 4.78 is 5.91. The number of nitrogens with one attached hydrogen (secondary N) is 1. The van der Waals surface area contributed by atoms with E-state index in [1.807, 2.05) is 6.07 Å². The van der Waals surface area contributed by atoms with E-state index >= 15 is 0 Å². The number of rotatable bonds is 2. The molecule has 1 N–H and O–H groups in total. The lowest BCUT2D eigenvalue weighted by atomic mass is 10.0. The molecule has 0 aliphatic carbocycles. The van der Waals surface area contributed by atoms with Crippen molar-refractivity contribution in [2.45, 2.75) is 25.3 Å². The van der Waals surface area contributed by atoms with E-state index < -0.39 is 0 Å². The van der Waals surface area contributed by atoms with E-state index in [2.05, 4.69) is 31.4 Å². The quantitative estimate of drug-likeness (QED) is 0.895. The average molecular weight is 272 g/mol. The van der Waals surface area contributed by atoms with Gasteiger partial charge in [0.15, 0.2) is 0 Å². The maximum absolute atomic E-state index is 5.05. The van der Waals surface area contributed by atoms with Crippen LogP contribution in [0, 0.1) is 0 Å². The van der Waals surface area contributed by atoms with Crippen LogP contribution in [0.15, 0.2) is 10.5 Å². The minimum absolute atomic E-state index is 0.341. The first-order valence-corrected chi connectivity index (χ1v) is 5.91. The number of aromatic nitrogens is 2. The Balaban J connectivity index is 2.17. The minimum atomic E-state index is 0.341. The van der Waals surface area contributed by atoms with E-state index in [-0.39, 0.29) is 0 Å². The topological polar surface area (TPSA) is 47.0 Å². The zero-order chi connectivity index (χ0) is 10.7. The highest BCUT2D eigenvalue weighted by Crippen LogP contribution is 2.26. The highest BCUT2D eigenvalue weighted by molar-refractivity contribution is 9.10. The Bertz CT molecular complexity index is 339. The van der Waals surface area contributed by atoms with E-state index in [0.29, 0.717) is 11.9 Å². The van der Waals surface area contributed by atoms with Gasteiger partial charge in [-0.25, -0.2) is 0 Å². The minimum Gasteiger partial charge on any atom is -0.479 e.